The number of imidazole rings is 1. The molecule has 158 valence electrons. The lowest BCUT2D eigenvalue weighted by Gasteiger charge is -2.09. The van der Waals surface area contributed by atoms with Gasteiger partial charge in [-0.15, -0.1) is 13.2 Å². The normalized spacial score (nSPS) is 18.3. The first-order chi connectivity index (χ1) is 14.8. The van der Waals surface area contributed by atoms with Crippen molar-refractivity contribution >= 4 is 5.65 Å². The van der Waals surface area contributed by atoms with E-state index in [2.05, 4.69) is 29.8 Å². The molecule has 1 aliphatic carbocycles. The van der Waals surface area contributed by atoms with Crippen LogP contribution in [0.3, 0.4) is 0 Å². The highest BCUT2D eigenvalue weighted by atomic mass is 19.4. The maximum atomic E-state index is 12.3. The molecule has 0 aliphatic heterocycles. The van der Waals surface area contributed by atoms with Crippen LogP contribution in [0.1, 0.15) is 29.4 Å². The molecule has 0 aromatic carbocycles. The minimum absolute atomic E-state index is 0.0182. The van der Waals surface area contributed by atoms with E-state index in [0.717, 1.165) is 17.5 Å². The first kappa shape index (κ1) is 19.0. The highest BCUT2D eigenvalue weighted by Crippen LogP contribution is 2.55. The molecule has 1 saturated carbocycles. The summed E-state index contributed by atoms with van der Waals surface area (Å²) in [7, 11) is 0. The topological polar surface area (TPSA) is 118 Å². The van der Waals surface area contributed by atoms with E-state index in [1.54, 1.807) is 29.0 Å². The third-order valence-corrected chi connectivity index (χ3v) is 5.08. The van der Waals surface area contributed by atoms with E-state index >= 15 is 0 Å². The van der Waals surface area contributed by atoms with Gasteiger partial charge in [-0.05, 0) is 29.9 Å². The predicted octanol–water partition coefficient (Wildman–Crippen LogP) is 2.34. The monoisotopic (exact) mass is 430 g/mol. The standard InChI is InChI=1S/C19H13F3N6O3/c20-19(21,22)31-15-2-1-9(7-24-15)10-5-11(10)12-6-14(27-28-4-3-23-16(12)28)13-8-25-18(30)26-17(13)29/h1-4,6-8,10-11H,5H2,(H2,25,26,29,30)/t10-,11+/m1/s1. The maximum absolute atomic E-state index is 12.3. The average molecular weight is 430 g/mol. The predicted molar refractivity (Wildman–Crippen MR) is 101 cm³/mol. The zero-order chi connectivity index (χ0) is 21.8. The molecule has 0 unspecified atom stereocenters. The van der Waals surface area contributed by atoms with Crippen molar-refractivity contribution in [1.82, 2.24) is 29.5 Å². The van der Waals surface area contributed by atoms with E-state index in [1.165, 1.54) is 18.5 Å². The Bertz CT molecular complexity index is 1390. The number of rotatable bonds is 4. The summed E-state index contributed by atoms with van der Waals surface area (Å²) in [6.07, 6.45) is 1.82. The molecule has 5 rings (SSSR count). The van der Waals surface area contributed by atoms with Crippen molar-refractivity contribution in [2.45, 2.75) is 24.6 Å². The van der Waals surface area contributed by atoms with E-state index in [9.17, 15) is 22.8 Å². The molecular weight excluding hydrogens is 417 g/mol. The first-order valence-electron chi connectivity index (χ1n) is 9.17. The van der Waals surface area contributed by atoms with Gasteiger partial charge < -0.3 is 9.72 Å². The SMILES string of the molecule is O=c1[nH]cc(-c2cc([C@H]3C[C@@H]3c3ccc(OC(F)(F)F)nc3)c3nccn3n2)c(=O)[nH]1. The number of pyridine rings is 1. The van der Waals surface area contributed by atoms with Crippen molar-refractivity contribution in [3.05, 3.63) is 75.0 Å². The van der Waals surface area contributed by atoms with Gasteiger partial charge in [0.15, 0.2) is 5.65 Å². The van der Waals surface area contributed by atoms with Crippen molar-refractivity contribution in [3.63, 3.8) is 0 Å². The van der Waals surface area contributed by atoms with E-state index in [-0.39, 0.29) is 17.4 Å². The molecule has 12 heteroatoms. The Hall–Kier alpha value is -3.96. The molecule has 31 heavy (non-hydrogen) atoms. The van der Waals surface area contributed by atoms with Crippen LogP contribution in [0.5, 0.6) is 5.88 Å². The molecule has 0 saturated heterocycles. The Balaban J connectivity index is 1.48. The Morgan fingerprint density at radius 3 is 2.71 bits per heavy atom. The maximum Gasteiger partial charge on any atom is 0.574 e. The van der Waals surface area contributed by atoms with Gasteiger partial charge in [-0.25, -0.2) is 19.3 Å². The zero-order valence-corrected chi connectivity index (χ0v) is 15.6. The van der Waals surface area contributed by atoms with Gasteiger partial charge in [-0.1, -0.05) is 6.07 Å². The average Bonchev–Trinajstić information content (AvgIpc) is 3.35. The van der Waals surface area contributed by atoms with Gasteiger partial charge in [0.1, 0.15) is 0 Å². The number of hydrogen-bond acceptors (Lipinski definition) is 6. The lowest BCUT2D eigenvalue weighted by Crippen LogP contribution is -2.23. The minimum Gasteiger partial charge on any atom is -0.388 e. The van der Waals surface area contributed by atoms with E-state index < -0.39 is 23.5 Å². The number of hydrogen-bond donors (Lipinski definition) is 2. The highest BCUT2D eigenvalue weighted by molar-refractivity contribution is 5.63. The second-order valence-electron chi connectivity index (χ2n) is 7.09. The van der Waals surface area contributed by atoms with E-state index in [0.29, 0.717) is 11.3 Å². The van der Waals surface area contributed by atoms with Crippen molar-refractivity contribution in [2.24, 2.45) is 0 Å². The number of nitrogens with one attached hydrogen (secondary N) is 2. The molecular formula is C19H13F3N6O3. The summed E-state index contributed by atoms with van der Waals surface area (Å²) < 4.78 is 42.3. The smallest absolute Gasteiger partial charge is 0.388 e. The molecule has 0 radical (unpaired) electrons. The number of fused-ring (bicyclic) bond motifs is 1. The van der Waals surface area contributed by atoms with Crippen molar-refractivity contribution < 1.29 is 17.9 Å². The lowest BCUT2D eigenvalue weighted by molar-refractivity contribution is -0.276. The van der Waals surface area contributed by atoms with Crippen LogP contribution in [0.25, 0.3) is 16.9 Å². The number of alkyl halides is 3. The number of aromatic amines is 2. The third-order valence-electron chi connectivity index (χ3n) is 5.08. The van der Waals surface area contributed by atoms with Gasteiger partial charge >= 0.3 is 12.1 Å². The van der Waals surface area contributed by atoms with Gasteiger partial charge in [0.05, 0.1) is 11.3 Å². The quantitative estimate of drug-likeness (QED) is 0.513. The molecule has 1 aliphatic rings. The van der Waals surface area contributed by atoms with Gasteiger partial charge in [-0.2, -0.15) is 5.10 Å². The second kappa shape index (κ2) is 6.79. The van der Waals surface area contributed by atoms with Gasteiger partial charge in [0, 0.05) is 36.4 Å². The van der Waals surface area contributed by atoms with Crippen LogP contribution in [-0.4, -0.2) is 35.9 Å². The Labute approximate surface area is 170 Å². The summed E-state index contributed by atoms with van der Waals surface area (Å²) in [5.74, 6) is -0.477. The zero-order valence-electron chi connectivity index (χ0n) is 15.6. The van der Waals surface area contributed by atoms with Crippen LogP contribution >= 0.6 is 0 Å². The Morgan fingerprint density at radius 2 is 2.00 bits per heavy atom. The van der Waals surface area contributed by atoms with Crippen LogP contribution in [-0.2, 0) is 0 Å². The van der Waals surface area contributed by atoms with E-state index in [1.807, 2.05) is 0 Å². The molecule has 4 aromatic heterocycles. The molecule has 2 atom stereocenters. The van der Waals surface area contributed by atoms with Crippen LogP contribution in [0.15, 0.2) is 52.6 Å². The van der Waals surface area contributed by atoms with Crippen LogP contribution < -0.4 is 16.0 Å². The van der Waals surface area contributed by atoms with Crippen LogP contribution in [0.4, 0.5) is 13.2 Å². The molecule has 4 heterocycles. The summed E-state index contributed by atoms with van der Waals surface area (Å²) in [5, 5.41) is 4.39. The molecule has 9 nitrogen and oxygen atoms in total. The number of halogens is 3. The Kier molecular flexibility index (Phi) is 4.17. The number of H-pyrrole nitrogens is 2. The van der Waals surface area contributed by atoms with Crippen molar-refractivity contribution in [3.8, 4) is 17.1 Å². The Morgan fingerprint density at radius 1 is 1.16 bits per heavy atom. The molecule has 4 aromatic rings. The molecule has 0 amide bonds. The van der Waals surface area contributed by atoms with Crippen molar-refractivity contribution in [1.29, 1.82) is 0 Å². The number of ether oxygens (including phenoxy) is 1. The first-order valence-corrected chi connectivity index (χ1v) is 9.17. The summed E-state index contributed by atoms with van der Waals surface area (Å²) in [6.45, 7) is 0. The molecule has 0 bridgehead atoms. The highest BCUT2D eigenvalue weighted by Gasteiger charge is 2.42. The molecule has 1 fully saturated rings. The molecule has 0 spiro atoms. The van der Waals surface area contributed by atoms with Crippen LogP contribution in [0, 0.1) is 0 Å². The second-order valence-corrected chi connectivity index (χ2v) is 7.09. The van der Waals surface area contributed by atoms with Crippen molar-refractivity contribution in [2.75, 3.05) is 0 Å². The fourth-order valence-corrected chi connectivity index (χ4v) is 3.64. The molecule has 2 N–H and O–H groups in total. The van der Waals surface area contributed by atoms with Gasteiger partial charge in [0.2, 0.25) is 5.88 Å². The van der Waals surface area contributed by atoms with E-state index in [4.69, 9.17) is 0 Å². The fourth-order valence-electron chi connectivity index (χ4n) is 3.64. The number of nitrogens with zero attached hydrogens (tertiary/aromatic N) is 4. The lowest BCUT2D eigenvalue weighted by atomic mass is 10.1. The largest absolute Gasteiger partial charge is 0.574 e. The summed E-state index contributed by atoms with van der Waals surface area (Å²) >= 11 is 0. The summed E-state index contributed by atoms with van der Waals surface area (Å²) in [6, 6.07) is 4.47. The summed E-state index contributed by atoms with van der Waals surface area (Å²) in [5.41, 5.74) is 1.58. The number of aromatic nitrogens is 6. The van der Waals surface area contributed by atoms with Crippen LogP contribution in [0.2, 0.25) is 0 Å². The third kappa shape index (κ3) is 3.67. The van der Waals surface area contributed by atoms with Gasteiger partial charge in [-0.3, -0.25) is 9.78 Å². The van der Waals surface area contributed by atoms with Gasteiger partial charge in [0.25, 0.3) is 5.56 Å². The fraction of sp³-hybridized carbons (Fsp3) is 0.211. The minimum atomic E-state index is -4.80. The summed E-state index contributed by atoms with van der Waals surface area (Å²) in [4.78, 5) is 36.2.